The van der Waals surface area contributed by atoms with E-state index < -0.39 is 0 Å². The van der Waals surface area contributed by atoms with Crippen LogP contribution >= 0.6 is 0 Å². The molecule has 1 aromatic heterocycles. The number of nitrogens with one attached hydrogen (secondary N) is 1. The largest absolute Gasteiger partial charge is 0.493 e. The van der Waals surface area contributed by atoms with Gasteiger partial charge in [-0.2, -0.15) is 0 Å². The molecule has 0 saturated heterocycles. The van der Waals surface area contributed by atoms with Gasteiger partial charge in [-0.3, -0.25) is 0 Å². The molecule has 3 heteroatoms. The number of benzene rings is 2. The van der Waals surface area contributed by atoms with Crippen molar-refractivity contribution in [2.75, 3.05) is 14.2 Å². The Morgan fingerprint density at radius 2 is 1.64 bits per heavy atom. The predicted molar refractivity (Wildman–Crippen MR) is 117 cm³/mol. The molecule has 1 N–H and O–H groups in total. The van der Waals surface area contributed by atoms with Gasteiger partial charge < -0.3 is 14.5 Å². The van der Waals surface area contributed by atoms with E-state index >= 15 is 0 Å². The standard InChI is InChI=1S/C25H31NO2/c1-16(2)24-20-14-18(17-8-6-5-7-9-17)10-12-21(20)26-25(24)19-11-13-22(27-3)23(15-19)28-4/h10-17,26H,5-9H2,1-4H3. The van der Waals surface area contributed by atoms with Crippen molar-refractivity contribution in [1.29, 1.82) is 0 Å². The van der Waals surface area contributed by atoms with Gasteiger partial charge in [-0.15, -0.1) is 0 Å². The molecule has 0 spiro atoms. The van der Waals surface area contributed by atoms with E-state index in [1.807, 2.05) is 6.07 Å². The van der Waals surface area contributed by atoms with Crippen LogP contribution in [0, 0.1) is 0 Å². The SMILES string of the molecule is COc1ccc(-c2[nH]c3ccc(C4CCCCC4)cc3c2C(C)C)cc1OC. The Hall–Kier alpha value is -2.42. The van der Waals surface area contributed by atoms with Crippen molar-refractivity contribution >= 4 is 10.9 Å². The van der Waals surface area contributed by atoms with Crippen LogP contribution in [0.2, 0.25) is 0 Å². The third-order valence-corrected chi connectivity index (χ3v) is 6.19. The molecule has 0 unspecified atom stereocenters. The van der Waals surface area contributed by atoms with Crippen LogP contribution in [0.15, 0.2) is 36.4 Å². The number of H-pyrrole nitrogens is 1. The monoisotopic (exact) mass is 377 g/mol. The van der Waals surface area contributed by atoms with Gasteiger partial charge in [-0.05, 0) is 66.1 Å². The van der Waals surface area contributed by atoms with Crippen LogP contribution < -0.4 is 9.47 Å². The molecule has 1 aliphatic rings. The first-order valence-corrected chi connectivity index (χ1v) is 10.5. The van der Waals surface area contributed by atoms with Crippen molar-refractivity contribution in [2.45, 2.75) is 57.8 Å². The summed E-state index contributed by atoms with van der Waals surface area (Å²) in [5.74, 6) is 2.67. The smallest absolute Gasteiger partial charge is 0.161 e. The Bertz CT molecular complexity index is 964. The fraction of sp³-hybridized carbons (Fsp3) is 0.440. The highest BCUT2D eigenvalue weighted by Crippen LogP contribution is 2.41. The summed E-state index contributed by atoms with van der Waals surface area (Å²) < 4.78 is 10.9. The molecule has 1 heterocycles. The van der Waals surface area contributed by atoms with Crippen molar-refractivity contribution in [2.24, 2.45) is 0 Å². The summed E-state index contributed by atoms with van der Waals surface area (Å²) in [4.78, 5) is 3.68. The lowest BCUT2D eigenvalue weighted by Gasteiger charge is -2.22. The fourth-order valence-electron chi connectivity index (χ4n) is 4.74. The summed E-state index contributed by atoms with van der Waals surface area (Å²) in [6.07, 6.45) is 6.78. The minimum Gasteiger partial charge on any atom is -0.493 e. The molecule has 4 rings (SSSR count). The average Bonchev–Trinajstić information content (AvgIpc) is 3.12. The third kappa shape index (κ3) is 3.39. The predicted octanol–water partition coefficient (Wildman–Crippen LogP) is 7.02. The van der Waals surface area contributed by atoms with E-state index in [4.69, 9.17) is 9.47 Å². The van der Waals surface area contributed by atoms with Crippen LogP contribution in [0.4, 0.5) is 0 Å². The van der Waals surface area contributed by atoms with Crippen LogP contribution in [0.1, 0.15) is 68.9 Å². The summed E-state index contributed by atoms with van der Waals surface area (Å²) in [5, 5.41) is 1.36. The first-order chi connectivity index (χ1) is 13.6. The zero-order chi connectivity index (χ0) is 19.7. The Morgan fingerprint density at radius 1 is 0.893 bits per heavy atom. The number of rotatable bonds is 5. The summed E-state index contributed by atoms with van der Waals surface area (Å²) in [5.41, 5.74) is 6.43. The van der Waals surface area contributed by atoms with Gasteiger partial charge in [0.2, 0.25) is 0 Å². The molecule has 1 fully saturated rings. The van der Waals surface area contributed by atoms with Crippen LogP contribution in [-0.2, 0) is 0 Å². The van der Waals surface area contributed by atoms with Crippen LogP contribution in [0.3, 0.4) is 0 Å². The molecule has 28 heavy (non-hydrogen) atoms. The van der Waals surface area contributed by atoms with Crippen molar-refractivity contribution in [3.05, 3.63) is 47.5 Å². The second-order valence-electron chi connectivity index (χ2n) is 8.28. The van der Waals surface area contributed by atoms with E-state index in [9.17, 15) is 0 Å². The highest BCUT2D eigenvalue weighted by atomic mass is 16.5. The molecule has 1 aliphatic carbocycles. The molecule has 3 nitrogen and oxygen atoms in total. The molecule has 0 radical (unpaired) electrons. The van der Waals surface area contributed by atoms with Crippen LogP contribution in [0.25, 0.3) is 22.2 Å². The molecule has 2 aromatic carbocycles. The topological polar surface area (TPSA) is 34.2 Å². The zero-order valence-electron chi connectivity index (χ0n) is 17.5. The first-order valence-electron chi connectivity index (χ1n) is 10.5. The van der Waals surface area contributed by atoms with E-state index in [0.29, 0.717) is 5.92 Å². The van der Waals surface area contributed by atoms with Gasteiger partial charge >= 0.3 is 0 Å². The van der Waals surface area contributed by atoms with Crippen molar-refractivity contribution in [1.82, 2.24) is 4.98 Å². The van der Waals surface area contributed by atoms with Gasteiger partial charge in [-0.1, -0.05) is 39.2 Å². The van der Waals surface area contributed by atoms with E-state index in [1.165, 1.54) is 59.8 Å². The molecule has 0 bridgehead atoms. The Kier molecular flexibility index (Phi) is 5.34. The zero-order valence-corrected chi connectivity index (χ0v) is 17.5. The van der Waals surface area contributed by atoms with E-state index in [0.717, 1.165) is 23.0 Å². The number of hydrogen-bond donors (Lipinski definition) is 1. The molecule has 148 valence electrons. The van der Waals surface area contributed by atoms with Crippen LogP contribution in [-0.4, -0.2) is 19.2 Å². The summed E-state index contributed by atoms with van der Waals surface area (Å²) in [6.45, 7) is 4.56. The van der Waals surface area contributed by atoms with Gasteiger partial charge in [0.05, 0.1) is 19.9 Å². The Morgan fingerprint density at radius 3 is 2.32 bits per heavy atom. The summed E-state index contributed by atoms with van der Waals surface area (Å²) in [7, 11) is 3.36. The van der Waals surface area contributed by atoms with Gasteiger partial charge in [0.25, 0.3) is 0 Å². The molecular weight excluding hydrogens is 346 g/mol. The normalized spacial score (nSPS) is 15.3. The van der Waals surface area contributed by atoms with Crippen LogP contribution in [0.5, 0.6) is 11.5 Å². The maximum atomic E-state index is 5.53. The number of aromatic amines is 1. The number of ether oxygens (including phenoxy) is 2. The van der Waals surface area contributed by atoms with Gasteiger partial charge in [0, 0.05) is 16.5 Å². The maximum absolute atomic E-state index is 5.53. The Labute approximate surface area is 168 Å². The second-order valence-corrected chi connectivity index (χ2v) is 8.28. The molecule has 0 amide bonds. The molecule has 0 aliphatic heterocycles. The van der Waals surface area contributed by atoms with Gasteiger partial charge in [0.1, 0.15) is 0 Å². The maximum Gasteiger partial charge on any atom is 0.161 e. The van der Waals surface area contributed by atoms with Crippen molar-refractivity contribution in [3.8, 4) is 22.8 Å². The van der Waals surface area contributed by atoms with E-state index in [-0.39, 0.29) is 0 Å². The van der Waals surface area contributed by atoms with Crippen molar-refractivity contribution in [3.63, 3.8) is 0 Å². The van der Waals surface area contributed by atoms with Crippen molar-refractivity contribution < 1.29 is 9.47 Å². The number of methoxy groups -OCH3 is 2. The minimum absolute atomic E-state index is 0.429. The lowest BCUT2D eigenvalue weighted by atomic mass is 9.83. The molecule has 1 saturated carbocycles. The molecule has 3 aromatic rings. The van der Waals surface area contributed by atoms with Gasteiger partial charge in [-0.25, -0.2) is 0 Å². The van der Waals surface area contributed by atoms with Gasteiger partial charge in [0.15, 0.2) is 11.5 Å². The molecular formula is C25H31NO2. The minimum atomic E-state index is 0.429. The fourth-order valence-corrected chi connectivity index (χ4v) is 4.74. The number of aromatic nitrogens is 1. The average molecular weight is 378 g/mol. The number of hydrogen-bond acceptors (Lipinski definition) is 2. The lowest BCUT2D eigenvalue weighted by molar-refractivity contribution is 0.355. The summed E-state index contributed by atoms with van der Waals surface area (Å²) >= 11 is 0. The van der Waals surface area contributed by atoms with E-state index in [1.54, 1.807) is 14.2 Å². The lowest BCUT2D eigenvalue weighted by Crippen LogP contribution is -2.04. The third-order valence-electron chi connectivity index (χ3n) is 6.19. The molecule has 0 atom stereocenters. The quantitative estimate of drug-likeness (QED) is 0.518. The summed E-state index contributed by atoms with van der Waals surface area (Å²) in [6, 6.07) is 13.2. The highest BCUT2D eigenvalue weighted by Gasteiger charge is 2.20. The van der Waals surface area contributed by atoms with E-state index in [2.05, 4.69) is 49.2 Å². The Balaban J connectivity index is 1.83. The number of fused-ring (bicyclic) bond motifs is 1. The highest BCUT2D eigenvalue weighted by molar-refractivity contribution is 5.92. The first kappa shape index (κ1) is 18.9. The second kappa shape index (κ2) is 7.90.